The van der Waals surface area contributed by atoms with Gasteiger partial charge in [0.1, 0.15) is 0 Å². The Hall–Kier alpha value is -2.33. The fourth-order valence-electron chi connectivity index (χ4n) is 5.21. The molecule has 7 nitrogen and oxygen atoms in total. The van der Waals surface area contributed by atoms with Gasteiger partial charge in [0, 0.05) is 61.6 Å². The number of halogens is 3. The van der Waals surface area contributed by atoms with Crippen molar-refractivity contribution in [2.45, 2.75) is 38.2 Å². The highest BCUT2D eigenvalue weighted by molar-refractivity contribution is 5.64. The summed E-state index contributed by atoms with van der Waals surface area (Å²) in [6.07, 6.45) is -3.39. The van der Waals surface area contributed by atoms with Crippen molar-refractivity contribution >= 4 is 5.82 Å². The zero-order valence-corrected chi connectivity index (χ0v) is 17.8. The SMILES string of the molecule is CC(C)n1nc(-c2cnc(N)c(OC(F)(F)F)c2)cc1C1[C@H]2CN(C3CN(C)C3)C[C@@H]12. The minimum atomic E-state index is -4.83. The molecule has 1 unspecified atom stereocenters. The molecule has 0 radical (unpaired) electrons. The number of hydrogen-bond acceptors (Lipinski definition) is 6. The van der Waals surface area contributed by atoms with Gasteiger partial charge in [0.15, 0.2) is 11.6 Å². The summed E-state index contributed by atoms with van der Waals surface area (Å²) in [4.78, 5) is 8.83. The van der Waals surface area contributed by atoms with Crippen LogP contribution in [0.5, 0.6) is 5.75 Å². The van der Waals surface area contributed by atoms with E-state index >= 15 is 0 Å². The number of piperidine rings is 1. The van der Waals surface area contributed by atoms with E-state index in [1.54, 1.807) is 0 Å². The predicted molar refractivity (Wildman–Crippen MR) is 110 cm³/mol. The van der Waals surface area contributed by atoms with Gasteiger partial charge in [0.25, 0.3) is 0 Å². The number of nitrogen functional groups attached to an aromatic ring is 1. The number of pyridine rings is 1. The molecule has 3 fully saturated rings. The molecular formula is C21H27F3N6O. The van der Waals surface area contributed by atoms with Gasteiger partial charge < -0.3 is 15.4 Å². The van der Waals surface area contributed by atoms with E-state index < -0.39 is 12.1 Å². The normalized spacial score (nSPS) is 26.9. The van der Waals surface area contributed by atoms with Crippen LogP contribution in [0.25, 0.3) is 11.3 Å². The first-order valence-corrected chi connectivity index (χ1v) is 10.6. The van der Waals surface area contributed by atoms with Crippen LogP contribution in [0.15, 0.2) is 18.3 Å². The van der Waals surface area contributed by atoms with Gasteiger partial charge in [-0.1, -0.05) is 0 Å². The first kappa shape index (κ1) is 20.6. The lowest BCUT2D eigenvalue weighted by molar-refractivity contribution is -0.274. The summed E-state index contributed by atoms with van der Waals surface area (Å²) < 4.78 is 44.1. The summed E-state index contributed by atoms with van der Waals surface area (Å²) in [5, 5.41) is 4.71. The lowest BCUT2D eigenvalue weighted by Gasteiger charge is -2.42. The second kappa shape index (κ2) is 7.09. The smallest absolute Gasteiger partial charge is 0.402 e. The van der Waals surface area contributed by atoms with E-state index in [1.165, 1.54) is 12.3 Å². The van der Waals surface area contributed by atoms with E-state index in [-0.39, 0.29) is 11.9 Å². The first-order chi connectivity index (χ1) is 14.6. The van der Waals surface area contributed by atoms with Crippen molar-refractivity contribution in [1.82, 2.24) is 24.6 Å². The van der Waals surface area contributed by atoms with Crippen molar-refractivity contribution in [1.29, 1.82) is 0 Å². The number of likely N-dealkylation sites (N-methyl/N-ethyl adjacent to an activating group) is 1. The van der Waals surface area contributed by atoms with Crippen LogP contribution in [-0.2, 0) is 0 Å². The fraction of sp³-hybridized carbons (Fsp3) is 0.619. The zero-order valence-electron chi connectivity index (χ0n) is 17.8. The molecule has 5 rings (SSSR count). The van der Waals surface area contributed by atoms with Crippen molar-refractivity contribution in [3.05, 3.63) is 24.0 Å². The number of hydrogen-bond donors (Lipinski definition) is 1. The number of ether oxygens (including phenoxy) is 1. The molecule has 31 heavy (non-hydrogen) atoms. The van der Waals surface area contributed by atoms with E-state index in [9.17, 15) is 13.2 Å². The topological polar surface area (TPSA) is 72.4 Å². The largest absolute Gasteiger partial charge is 0.573 e. The minimum Gasteiger partial charge on any atom is -0.402 e. The second-order valence-electron chi connectivity index (χ2n) is 9.33. The molecule has 2 saturated heterocycles. The molecule has 10 heteroatoms. The summed E-state index contributed by atoms with van der Waals surface area (Å²) in [6.45, 7) is 8.64. The fourth-order valence-corrected chi connectivity index (χ4v) is 5.21. The average Bonchev–Trinajstić information content (AvgIpc) is 3.03. The molecular weight excluding hydrogens is 409 g/mol. The summed E-state index contributed by atoms with van der Waals surface area (Å²) in [5.41, 5.74) is 7.77. The van der Waals surface area contributed by atoms with Crippen LogP contribution in [0.3, 0.4) is 0 Å². The first-order valence-electron chi connectivity index (χ1n) is 10.6. The van der Waals surface area contributed by atoms with Gasteiger partial charge in [-0.05, 0) is 44.9 Å². The lowest BCUT2D eigenvalue weighted by atomic mass is 10.1. The third-order valence-electron chi connectivity index (χ3n) is 6.78. The minimum absolute atomic E-state index is 0.147. The van der Waals surface area contributed by atoms with Crippen molar-refractivity contribution in [2.24, 2.45) is 11.8 Å². The quantitative estimate of drug-likeness (QED) is 0.777. The Bertz CT molecular complexity index is 972. The van der Waals surface area contributed by atoms with Crippen molar-refractivity contribution in [2.75, 3.05) is 39.0 Å². The lowest BCUT2D eigenvalue weighted by Crippen LogP contribution is -2.57. The maximum absolute atomic E-state index is 12.7. The molecule has 0 spiro atoms. The Labute approximate surface area is 179 Å². The molecule has 2 aliphatic heterocycles. The highest BCUT2D eigenvalue weighted by Gasteiger charge is 2.59. The number of anilines is 1. The van der Waals surface area contributed by atoms with Gasteiger partial charge >= 0.3 is 6.36 Å². The Kier molecular flexibility index (Phi) is 4.71. The maximum atomic E-state index is 12.7. The number of nitrogens with two attached hydrogens (primary N) is 1. The summed E-state index contributed by atoms with van der Waals surface area (Å²) in [6, 6.07) is 4.08. The highest BCUT2D eigenvalue weighted by Crippen LogP contribution is 2.59. The van der Waals surface area contributed by atoms with Gasteiger partial charge in [-0.2, -0.15) is 5.10 Å². The number of fused-ring (bicyclic) bond motifs is 1. The molecule has 2 aromatic rings. The number of aromatic nitrogens is 3. The van der Waals surface area contributed by atoms with Crippen LogP contribution < -0.4 is 10.5 Å². The van der Waals surface area contributed by atoms with Crippen LogP contribution in [0.4, 0.5) is 19.0 Å². The molecule has 0 amide bonds. The van der Waals surface area contributed by atoms with Crippen LogP contribution in [0, 0.1) is 11.8 Å². The van der Waals surface area contributed by atoms with E-state index in [4.69, 9.17) is 10.8 Å². The highest BCUT2D eigenvalue weighted by atomic mass is 19.4. The molecule has 3 atom stereocenters. The molecule has 3 aliphatic rings. The molecule has 0 aromatic carbocycles. The van der Waals surface area contributed by atoms with Gasteiger partial charge in [0.2, 0.25) is 0 Å². The summed E-state index contributed by atoms with van der Waals surface area (Å²) >= 11 is 0. The molecule has 0 bridgehead atoms. The molecule has 4 heterocycles. The summed E-state index contributed by atoms with van der Waals surface area (Å²) in [7, 11) is 2.15. The van der Waals surface area contributed by atoms with E-state index in [1.807, 2.05) is 10.7 Å². The van der Waals surface area contributed by atoms with E-state index in [0.717, 1.165) is 31.9 Å². The average molecular weight is 436 g/mol. The van der Waals surface area contributed by atoms with E-state index in [2.05, 4.69) is 40.4 Å². The Morgan fingerprint density at radius 1 is 1.13 bits per heavy atom. The molecule has 1 saturated carbocycles. The van der Waals surface area contributed by atoms with Crippen molar-refractivity contribution < 1.29 is 17.9 Å². The third-order valence-corrected chi connectivity index (χ3v) is 6.78. The Balaban J connectivity index is 1.37. The maximum Gasteiger partial charge on any atom is 0.573 e. The molecule has 168 valence electrons. The monoisotopic (exact) mass is 436 g/mol. The Morgan fingerprint density at radius 2 is 1.81 bits per heavy atom. The number of rotatable bonds is 5. The second-order valence-corrected chi connectivity index (χ2v) is 9.33. The van der Waals surface area contributed by atoms with Gasteiger partial charge in [0.05, 0.1) is 5.69 Å². The van der Waals surface area contributed by atoms with Crippen LogP contribution in [0.1, 0.15) is 31.5 Å². The van der Waals surface area contributed by atoms with Gasteiger partial charge in [-0.15, -0.1) is 13.2 Å². The van der Waals surface area contributed by atoms with Crippen molar-refractivity contribution in [3.8, 4) is 17.0 Å². The number of likely N-dealkylation sites (tertiary alicyclic amines) is 2. The standard InChI is InChI=1S/C21H27F3N6O/c1-11(2)30-17(19-14-9-29(10-15(14)19)13-7-28(3)8-13)5-16(27-30)12-4-18(20(25)26-6-12)31-21(22,23)24/h4-6,11,13-15,19H,7-10H2,1-3H3,(H2,25,26)/t14-,15+,19?. The molecule has 2 aromatic heterocycles. The third kappa shape index (κ3) is 3.76. The van der Waals surface area contributed by atoms with Crippen LogP contribution in [-0.4, -0.2) is 70.2 Å². The number of nitrogens with zero attached hydrogens (tertiary/aromatic N) is 5. The number of alkyl halides is 3. The zero-order chi connectivity index (χ0) is 22.1. The van der Waals surface area contributed by atoms with Crippen LogP contribution >= 0.6 is 0 Å². The molecule has 2 N–H and O–H groups in total. The van der Waals surface area contributed by atoms with Crippen molar-refractivity contribution in [3.63, 3.8) is 0 Å². The van der Waals surface area contributed by atoms with Gasteiger partial charge in [-0.25, -0.2) is 4.98 Å². The summed E-state index contributed by atoms with van der Waals surface area (Å²) in [5.74, 6) is 0.895. The van der Waals surface area contributed by atoms with Gasteiger partial charge in [-0.3, -0.25) is 9.58 Å². The van der Waals surface area contributed by atoms with Crippen LogP contribution in [0.2, 0.25) is 0 Å². The molecule has 1 aliphatic carbocycles. The predicted octanol–water partition coefficient (Wildman–Crippen LogP) is 2.97. The Morgan fingerprint density at radius 3 is 2.39 bits per heavy atom. The van der Waals surface area contributed by atoms with E-state index in [0.29, 0.717) is 35.1 Å².